The second-order valence-corrected chi connectivity index (χ2v) is 4.14. The standard InChI is InChI=1S/C11H18N4O/c1-12-9-7-10(15(2)5-6-16)14-11(13-9)8-3-4-8/h7-8,16H,3-6H2,1-2H3,(H,12,13,14). The molecule has 1 aliphatic carbocycles. The molecule has 0 saturated heterocycles. The van der Waals surface area contributed by atoms with E-state index >= 15 is 0 Å². The van der Waals surface area contributed by atoms with Crippen LogP contribution in [-0.4, -0.2) is 42.3 Å². The van der Waals surface area contributed by atoms with Crippen LogP contribution in [0, 0.1) is 0 Å². The van der Waals surface area contributed by atoms with E-state index in [1.807, 2.05) is 25.1 Å². The maximum Gasteiger partial charge on any atom is 0.136 e. The summed E-state index contributed by atoms with van der Waals surface area (Å²) in [5.41, 5.74) is 0. The van der Waals surface area contributed by atoms with E-state index in [0.717, 1.165) is 17.5 Å². The van der Waals surface area contributed by atoms with Crippen LogP contribution in [0.3, 0.4) is 0 Å². The van der Waals surface area contributed by atoms with Gasteiger partial charge in [0.1, 0.15) is 17.5 Å². The predicted molar refractivity (Wildman–Crippen MR) is 63.9 cm³/mol. The highest BCUT2D eigenvalue weighted by Crippen LogP contribution is 2.39. The number of aliphatic hydroxyl groups is 1. The molecule has 0 spiro atoms. The molecule has 0 unspecified atom stereocenters. The summed E-state index contributed by atoms with van der Waals surface area (Å²) < 4.78 is 0. The zero-order valence-electron chi connectivity index (χ0n) is 9.77. The Kier molecular flexibility index (Phi) is 3.24. The molecular formula is C11H18N4O. The van der Waals surface area contributed by atoms with E-state index in [1.54, 1.807) is 0 Å². The van der Waals surface area contributed by atoms with Gasteiger partial charge in [0.2, 0.25) is 0 Å². The quantitative estimate of drug-likeness (QED) is 0.772. The minimum absolute atomic E-state index is 0.133. The summed E-state index contributed by atoms with van der Waals surface area (Å²) in [6.45, 7) is 0.721. The van der Waals surface area contributed by atoms with Crippen LogP contribution in [0.15, 0.2) is 6.07 Å². The largest absolute Gasteiger partial charge is 0.395 e. The summed E-state index contributed by atoms with van der Waals surface area (Å²) in [7, 11) is 3.78. The summed E-state index contributed by atoms with van der Waals surface area (Å²) in [5.74, 6) is 3.17. The van der Waals surface area contributed by atoms with E-state index in [-0.39, 0.29) is 6.61 Å². The molecule has 5 heteroatoms. The van der Waals surface area contributed by atoms with E-state index in [9.17, 15) is 0 Å². The first-order valence-electron chi connectivity index (χ1n) is 5.63. The first kappa shape index (κ1) is 11.1. The SMILES string of the molecule is CNc1cc(N(C)CCO)nc(C2CC2)n1. The zero-order chi connectivity index (χ0) is 11.5. The Labute approximate surface area is 95.5 Å². The molecule has 1 aliphatic rings. The summed E-state index contributed by atoms with van der Waals surface area (Å²) in [4.78, 5) is 10.9. The highest BCUT2D eigenvalue weighted by molar-refractivity contribution is 5.49. The number of nitrogens with one attached hydrogen (secondary N) is 1. The molecule has 5 nitrogen and oxygen atoms in total. The number of rotatable bonds is 5. The molecule has 2 rings (SSSR count). The van der Waals surface area contributed by atoms with Crippen molar-refractivity contribution in [1.29, 1.82) is 0 Å². The van der Waals surface area contributed by atoms with Gasteiger partial charge in [-0.2, -0.15) is 0 Å². The van der Waals surface area contributed by atoms with Gasteiger partial charge >= 0.3 is 0 Å². The molecule has 1 aromatic heterocycles. The van der Waals surface area contributed by atoms with E-state index in [1.165, 1.54) is 12.8 Å². The van der Waals surface area contributed by atoms with Crippen LogP contribution < -0.4 is 10.2 Å². The molecule has 0 aromatic carbocycles. The molecule has 1 heterocycles. The molecule has 0 bridgehead atoms. The van der Waals surface area contributed by atoms with Crippen molar-refractivity contribution in [3.8, 4) is 0 Å². The maximum absolute atomic E-state index is 8.91. The van der Waals surface area contributed by atoms with E-state index in [0.29, 0.717) is 12.5 Å². The molecular weight excluding hydrogens is 204 g/mol. The third-order valence-electron chi connectivity index (χ3n) is 2.76. The van der Waals surface area contributed by atoms with Crippen molar-refractivity contribution >= 4 is 11.6 Å². The smallest absolute Gasteiger partial charge is 0.136 e. The second kappa shape index (κ2) is 4.65. The Hall–Kier alpha value is -1.36. The topological polar surface area (TPSA) is 61.3 Å². The zero-order valence-corrected chi connectivity index (χ0v) is 9.77. The third-order valence-corrected chi connectivity index (χ3v) is 2.76. The number of aromatic nitrogens is 2. The molecule has 2 N–H and O–H groups in total. The summed E-state index contributed by atoms with van der Waals surface area (Å²) in [6.07, 6.45) is 2.38. The molecule has 1 fully saturated rings. The van der Waals surface area contributed by atoms with Gasteiger partial charge in [0.25, 0.3) is 0 Å². The number of nitrogens with zero attached hydrogens (tertiary/aromatic N) is 3. The highest BCUT2D eigenvalue weighted by atomic mass is 16.3. The monoisotopic (exact) mass is 222 g/mol. The Morgan fingerprint density at radius 2 is 2.25 bits per heavy atom. The molecule has 1 aromatic rings. The number of hydrogen-bond donors (Lipinski definition) is 2. The lowest BCUT2D eigenvalue weighted by Crippen LogP contribution is -2.23. The minimum Gasteiger partial charge on any atom is -0.395 e. The first-order chi connectivity index (χ1) is 7.74. The molecule has 1 saturated carbocycles. The van der Waals surface area contributed by atoms with Gasteiger partial charge in [-0.3, -0.25) is 0 Å². The lowest BCUT2D eigenvalue weighted by atomic mass is 10.3. The van der Waals surface area contributed by atoms with Crippen LogP contribution in [0.1, 0.15) is 24.6 Å². The van der Waals surface area contributed by atoms with Crippen molar-refractivity contribution in [1.82, 2.24) is 9.97 Å². The molecule has 16 heavy (non-hydrogen) atoms. The minimum atomic E-state index is 0.133. The Bertz CT molecular complexity index is 365. The van der Waals surface area contributed by atoms with Gasteiger partial charge in [-0.25, -0.2) is 9.97 Å². The van der Waals surface area contributed by atoms with Gasteiger partial charge in [0, 0.05) is 32.6 Å². The number of anilines is 2. The van der Waals surface area contributed by atoms with Crippen molar-refractivity contribution in [2.75, 3.05) is 37.5 Å². The van der Waals surface area contributed by atoms with Gasteiger partial charge in [-0.15, -0.1) is 0 Å². The van der Waals surface area contributed by atoms with Crippen LogP contribution in [0.25, 0.3) is 0 Å². The van der Waals surface area contributed by atoms with Gasteiger partial charge in [-0.1, -0.05) is 0 Å². The fourth-order valence-electron chi connectivity index (χ4n) is 1.56. The molecule has 0 aliphatic heterocycles. The molecule has 0 radical (unpaired) electrons. The van der Waals surface area contributed by atoms with Crippen LogP contribution >= 0.6 is 0 Å². The van der Waals surface area contributed by atoms with Crippen molar-refractivity contribution in [3.63, 3.8) is 0 Å². The Morgan fingerprint density at radius 1 is 1.50 bits per heavy atom. The fraction of sp³-hybridized carbons (Fsp3) is 0.636. The van der Waals surface area contributed by atoms with Gasteiger partial charge in [-0.05, 0) is 12.8 Å². The average molecular weight is 222 g/mol. The van der Waals surface area contributed by atoms with Crippen molar-refractivity contribution in [2.24, 2.45) is 0 Å². The normalized spacial score (nSPS) is 14.9. The van der Waals surface area contributed by atoms with Crippen molar-refractivity contribution in [3.05, 3.63) is 11.9 Å². The molecule has 0 amide bonds. The Balaban J connectivity index is 2.25. The van der Waals surface area contributed by atoms with Crippen LogP contribution in [0.5, 0.6) is 0 Å². The summed E-state index contributed by atoms with van der Waals surface area (Å²) >= 11 is 0. The third kappa shape index (κ3) is 2.41. The van der Waals surface area contributed by atoms with Gasteiger partial charge in [0.15, 0.2) is 0 Å². The van der Waals surface area contributed by atoms with Crippen LogP contribution in [-0.2, 0) is 0 Å². The van der Waals surface area contributed by atoms with Crippen LogP contribution in [0.4, 0.5) is 11.6 Å². The Morgan fingerprint density at radius 3 is 2.81 bits per heavy atom. The van der Waals surface area contributed by atoms with Crippen molar-refractivity contribution in [2.45, 2.75) is 18.8 Å². The highest BCUT2D eigenvalue weighted by Gasteiger charge is 2.27. The van der Waals surface area contributed by atoms with E-state index in [2.05, 4.69) is 15.3 Å². The molecule has 88 valence electrons. The summed E-state index contributed by atoms with van der Waals surface area (Å²) in [6, 6.07) is 1.90. The first-order valence-corrected chi connectivity index (χ1v) is 5.63. The van der Waals surface area contributed by atoms with E-state index < -0.39 is 0 Å². The summed E-state index contributed by atoms with van der Waals surface area (Å²) in [5, 5.41) is 12.0. The van der Waals surface area contributed by atoms with E-state index in [4.69, 9.17) is 5.11 Å². The second-order valence-electron chi connectivity index (χ2n) is 4.14. The predicted octanol–water partition coefficient (Wildman–Crippen LogP) is 0.824. The van der Waals surface area contributed by atoms with Gasteiger partial charge < -0.3 is 15.3 Å². The fourth-order valence-corrected chi connectivity index (χ4v) is 1.56. The number of likely N-dealkylation sites (N-methyl/N-ethyl adjacent to an activating group) is 1. The maximum atomic E-state index is 8.91. The lowest BCUT2D eigenvalue weighted by molar-refractivity contribution is 0.304. The van der Waals surface area contributed by atoms with Gasteiger partial charge in [0.05, 0.1) is 6.61 Å². The van der Waals surface area contributed by atoms with Crippen LogP contribution in [0.2, 0.25) is 0 Å². The number of hydrogen-bond acceptors (Lipinski definition) is 5. The number of aliphatic hydroxyl groups excluding tert-OH is 1. The average Bonchev–Trinajstić information content (AvgIpc) is 3.12. The molecule has 0 atom stereocenters. The van der Waals surface area contributed by atoms with Crippen molar-refractivity contribution < 1.29 is 5.11 Å². The lowest BCUT2D eigenvalue weighted by Gasteiger charge is -2.18.